The molecule has 0 aliphatic carbocycles. The lowest BCUT2D eigenvalue weighted by atomic mass is 9.88. The van der Waals surface area contributed by atoms with E-state index >= 15 is 0 Å². The maximum Gasteiger partial charge on any atom is 0.191 e. The first kappa shape index (κ1) is 9.77. The average molecular weight is 197 g/mol. The Hall–Kier alpha value is -0.770. The second-order valence-corrected chi connectivity index (χ2v) is 4.94. The maximum absolute atomic E-state index is 5.46. The van der Waals surface area contributed by atoms with Gasteiger partial charge in [0.2, 0.25) is 0 Å². The van der Waals surface area contributed by atoms with Gasteiger partial charge in [-0.05, 0) is 6.92 Å². The Kier molecular flexibility index (Phi) is 2.39. The average Bonchev–Trinajstić information content (AvgIpc) is 2.61. The normalized spacial score (nSPS) is 35.2. The van der Waals surface area contributed by atoms with Gasteiger partial charge in [-0.25, -0.2) is 0 Å². The van der Waals surface area contributed by atoms with Crippen LogP contribution in [0.15, 0.2) is 4.99 Å². The van der Waals surface area contributed by atoms with Crippen LogP contribution in [0.3, 0.4) is 0 Å². The van der Waals surface area contributed by atoms with E-state index in [9.17, 15) is 0 Å². The van der Waals surface area contributed by atoms with Gasteiger partial charge in [-0.2, -0.15) is 0 Å². The highest BCUT2D eigenvalue weighted by molar-refractivity contribution is 5.82. The molecular weight excluding hydrogens is 178 g/mol. The minimum absolute atomic E-state index is 0.204. The minimum atomic E-state index is 0.204. The van der Waals surface area contributed by atoms with Gasteiger partial charge in [0.05, 0.1) is 25.8 Å². The molecule has 0 spiro atoms. The van der Waals surface area contributed by atoms with E-state index in [1.807, 2.05) is 0 Å². The second-order valence-electron chi connectivity index (χ2n) is 4.94. The zero-order valence-electron chi connectivity index (χ0n) is 9.13. The summed E-state index contributed by atoms with van der Waals surface area (Å²) in [4.78, 5) is 4.38. The van der Waals surface area contributed by atoms with Gasteiger partial charge in [0, 0.05) is 11.5 Å². The van der Waals surface area contributed by atoms with Crippen LogP contribution in [0, 0.1) is 5.41 Å². The second kappa shape index (κ2) is 3.42. The molecule has 14 heavy (non-hydrogen) atoms. The van der Waals surface area contributed by atoms with Gasteiger partial charge in [-0.1, -0.05) is 13.8 Å². The van der Waals surface area contributed by atoms with Crippen LogP contribution in [0.25, 0.3) is 0 Å². The Balaban J connectivity index is 1.92. The zero-order valence-corrected chi connectivity index (χ0v) is 9.13. The minimum Gasteiger partial charge on any atom is -0.379 e. The quantitative estimate of drug-likeness (QED) is 0.637. The van der Waals surface area contributed by atoms with Crippen molar-refractivity contribution in [1.82, 2.24) is 10.6 Å². The number of guanidine groups is 1. The van der Waals surface area contributed by atoms with Crippen molar-refractivity contribution in [2.75, 3.05) is 19.8 Å². The maximum atomic E-state index is 5.46. The smallest absolute Gasteiger partial charge is 0.191 e. The van der Waals surface area contributed by atoms with Gasteiger partial charge < -0.3 is 15.4 Å². The third kappa shape index (κ3) is 1.85. The van der Waals surface area contributed by atoms with Crippen molar-refractivity contribution in [3.8, 4) is 0 Å². The first-order valence-electron chi connectivity index (χ1n) is 5.23. The van der Waals surface area contributed by atoms with Crippen LogP contribution < -0.4 is 10.6 Å². The molecule has 1 saturated heterocycles. The molecule has 4 nitrogen and oxygen atoms in total. The standard InChI is InChI=1S/C10H19N3O/c1-7-4-11-9(12-7)13-8-5-14-6-10(8,2)3/h7-8H,4-6H2,1-3H3,(H2,11,12,13). The molecule has 0 aromatic rings. The third-order valence-electron chi connectivity index (χ3n) is 2.92. The van der Waals surface area contributed by atoms with E-state index < -0.39 is 0 Å². The summed E-state index contributed by atoms with van der Waals surface area (Å²) < 4.78 is 5.46. The Labute approximate surface area is 85.1 Å². The fraction of sp³-hybridized carbons (Fsp3) is 0.900. The molecular formula is C10H19N3O. The topological polar surface area (TPSA) is 45.7 Å². The third-order valence-corrected chi connectivity index (χ3v) is 2.92. The van der Waals surface area contributed by atoms with Crippen LogP contribution >= 0.6 is 0 Å². The highest BCUT2D eigenvalue weighted by Gasteiger charge is 2.36. The number of nitrogens with zero attached hydrogens (tertiary/aromatic N) is 1. The number of nitrogens with one attached hydrogen (secondary N) is 2. The van der Waals surface area contributed by atoms with Crippen LogP contribution in [0.5, 0.6) is 0 Å². The van der Waals surface area contributed by atoms with Crippen molar-refractivity contribution in [1.29, 1.82) is 0 Å². The lowest BCUT2D eigenvalue weighted by Gasteiger charge is -2.26. The molecule has 2 rings (SSSR count). The summed E-state index contributed by atoms with van der Waals surface area (Å²) in [7, 11) is 0. The molecule has 0 saturated carbocycles. The van der Waals surface area contributed by atoms with Crippen molar-refractivity contribution in [2.24, 2.45) is 10.4 Å². The van der Waals surface area contributed by atoms with E-state index in [1.54, 1.807) is 0 Å². The van der Waals surface area contributed by atoms with E-state index in [-0.39, 0.29) is 5.41 Å². The van der Waals surface area contributed by atoms with Gasteiger partial charge in [0.15, 0.2) is 5.96 Å². The molecule has 2 unspecified atom stereocenters. The Morgan fingerprint density at radius 1 is 1.57 bits per heavy atom. The predicted octanol–water partition coefficient (Wildman–Crippen LogP) is 0.349. The Morgan fingerprint density at radius 3 is 2.86 bits per heavy atom. The van der Waals surface area contributed by atoms with Crippen molar-refractivity contribution >= 4 is 5.96 Å². The summed E-state index contributed by atoms with van der Waals surface area (Å²) in [5, 5.41) is 6.71. The molecule has 0 amide bonds. The fourth-order valence-corrected chi connectivity index (χ4v) is 1.81. The van der Waals surface area contributed by atoms with Gasteiger partial charge in [0.1, 0.15) is 0 Å². The highest BCUT2D eigenvalue weighted by atomic mass is 16.5. The van der Waals surface area contributed by atoms with Gasteiger partial charge in [0.25, 0.3) is 0 Å². The van der Waals surface area contributed by atoms with Crippen LogP contribution in [0.1, 0.15) is 20.8 Å². The predicted molar refractivity (Wildman–Crippen MR) is 56.4 cm³/mol. The summed E-state index contributed by atoms with van der Waals surface area (Å²) in [6.07, 6.45) is 0. The molecule has 0 radical (unpaired) electrons. The lowest BCUT2D eigenvalue weighted by Crippen LogP contribution is -2.49. The number of hydrogen-bond donors (Lipinski definition) is 2. The van der Waals surface area contributed by atoms with Crippen LogP contribution in [0.2, 0.25) is 0 Å². The molecule has 0 bridgehead atoms. The SMILES string of the molecule is CC1CN=C(NC2COCC2(C)C)N1. The molecule has 2 aliphatic heterocycles. The molecule has 2 heterocycles. The fourth-order valence-electron chi connectivity index (χ4n) is 1.81. The molecule has 2 N–H and O–H groups in total. The number of ether oxygens (including phenoxy) is 1. The first-order chi connectivity index (χ1) is 6.58. The van der Waals surface area contributed by atoms with Crippen LogP contribution in [0.4, 0.5) is 0 Å². The Morgan fingerprint density at radius 2 is 2.36 bits per heavy atom. The number of aliphatic imine (C=N–C) groups is 1. The summed E-state index contributed by atoms with van der Waals surface area (Å²) >= 11 is 0. The van der Waals surface area contributed by atoms with Crippen molar-refractivity contribution in [3.63, 3.8) is 0 Å². The van der Waals surface area contributed by atoms with E-state index in [0.717, 1.165) is 25.7 Å². The summed E-state index contributed by atoms with van der Waals surface area (Å²) in [5.74, 6) is 0.932. The number of hydrogen-bond acceptors (Lipinski definition) is 4. The first-order valence-corrected chi connectivity index (χ1v) is 5.23. The van der Waals surface area contributed by atoms with Crippen molar-refractivity contribution in [3.05, 3.63) is 0 Å². The van der Waals surface area contributed by atoms with Gasteiger partial charge >= 0.3 is 0 Å². The van der Waals surface area contributed by atoms with Gasteiger partial charge in [-0.15, -0.1) is 0 Å². The molecule has 4 heteroatoms. The monoisotopic (exact) mass is 197 g/mol. The zero-order chi connectivity index (χ0) is 10.2. The lowest BCUT2D eigenvalue weighted by molar-refractivity contribution is 0.166. The van der Waals surface area contributed by atoms with Crippen molar-refractivity contribution < 1.29 is 4.74 Å². The number of rotatable bonds is 1. The van der Waals surface area contributed by atoms with E-state index in [4.69, 9.17) is 4.74 Å². The Bertz CT molecular complexity index is 250. The summed E-state index contributed by atoms with van der Waals surface area (Å²) in [5.41, 5.74) is 0.204. The summed E-state index contributed by atoms with van der Waals surface area (Å²) in [6, 6.07) is 0.835. The molecule has 0 aromatic carbocycles. The molecule has 2 aliphatic rings. The molecule has 2 atom stereocenters. The van der Waals surface area contributed by atoms with Crippen molar-refractivity contribution in [2.45, 2.75) is 32.9 Å². The van der Waals surface area contributed by atoms with E-state index in [0.29, 0.717) is 12.1 Å². The molecule has 1 fully saturated rings. The van der Waals surface area contributed by atoms with E-state index in [1.165, 1.54) is 0 Å². The molecule has 0 aromatic heterocycles. The molecule has 80 valence electrons. The summed E-state index contributed by atoms with van der Waals surface area (Å²) in [6.45, 7) is 9.05. The highest BCUT2D eigenvalue weighted by Crippen LogP contribution is 2.27. The largest absolute Gasteiger partial charge is 0.379 e. The van der Waals surface area contributed by atoms with Crippen LogP contribution in [-0.2, 0) is 4.74 Å². The van der Waals surface area contributed by atoms with Gasteiger partial charge in [-0.3, -0.25) is 4.99 Å². The van der Waals surface area contributed by atoms with Crippen LogP contribution in [-0.4, -0.2) is 37.8 Å². The van der Waals surface area contributed by atoms with E-state index in [2.05, 4.69) is 36.4 Å².